The molecule has 1 unspecified atom stereocenters. The van der Waals surface area contributed by atoms with Crippen molar-refractivity contribution in [3.05, 3.63) is 0 Å². The number of carboxylic acid groups (broad SMARTS) is 1. The Morgan fingerprint density at radius 2 is 2.24 bits per heavy atom. The number of rotatable bonds is 6. The molecule has 120 valence electrons. The van der Waals surface area contributed by atoms with Gasteiger partial charge in [-0.25, -0.2) is 0 Å². The Morgan fingerprint density at radius 1 is 1.48 bits per heavy atom. The predicted molar refractivity (Wildman–Crippen MR) is 79.7 cm³/mol. The summed E-state index contributed by atoms with van der Waals surface area (Å²) in [4.78, 5) is 13.8. The van der Waals surface area contributed by atoms with E-state index >= 15 is 0 Å². The number of hydrogen-bond acceptors (Lipinski definition) is 6. The number of nitrogens with two attached hydrogens (primary N) is 1. The minimum Gasteiger partial charge on any atom is -0.480 e. The third-order valence-electron chi connectivity index (χ3n) is 4.85. The number of nitrogens with zero attached hydrogens (tertiary/aromatic N) is 1. The Labute approximate surface area is 125 Å². The summed E-state index contributed by atoms with van der Waals surface area (Å²) in [5, 5.41) is 30.7. The minimum atomic E-state index is -1.33. The van der Waals surface area contributed by atoms with Crippen molar-refractivity contribution in [1.82, 2.24) is 10.2 Å². The van der Waals surface area contributed by atoms with Gasteiger partial charge in [-0.15, -0.1) is 0 Å². The van der Waals surface area contributed by atoms with Gasteiger partial charge in [0.05, 0.1) is 0 Å². The van der Waals surface area contributed by atoms with Crippen LogP contribution in [-0.2, 0) is 4.79 Å². The fourth-order valence-corrected chi connectivity index (χ4v) is 3.54. The van der Waals surface area contributed by atoms with Gasteiger partial charge in [0.2, 0.25) is 0 Å². The van der Waals surface area contributed by atoms with E-state index in [4.69, 9.17) is 15.8 Å². The van der Waals surface area contributed by atoms with E-state index in [2.05, 4.69) is 10.2 Å². The number of hydrogen-bond donors (Lipinski definition) is 5. The summed E-state index contributed by atoms with van der Waals surface area (Å²) in [5.41, 5.74) is 4.95. The van der Waals surface area contributed by atoms with Crippen LogP contribution in [0.15, 0.2) is 0 Å². The van der Waals surface area contributed by atoms with Crippen molar-refractivity contribution in [2.45, 2.75) is 43.6 Å². The molecular formula is C13H26BN3O4. The number of nitrogens with one attached hydrogen (secondary N) is 1. The van der Waals surface area contributed by atoms with Crippen LogP contribution in [-0.4, -0.2) is 70.9 Å². The number of carbonyl (C=O) groups is 1. The van der Waals surface area contributed by atoms with Crippen LogP contribution in [0, 0.1) is 5.92 Å². The van der Waals surface area contributed by atoms with Crippen LogP contribution in [0.25, 0.3) is 0 Å². The molecule has 0 bridgehead atoms. The lowest BCUT2D eigenvalue weighted by atomic mass is 9.78. The number of piperidine rings is 1. The first-order chi connectivity index (χ1) is 9.93. The van der Waals surface area contributed by atoms with Gasteiger partial charge >= 0.3 is 13.1 Å². The second kappa shape index (κ2) is 7.06. The van der Waals surface area contributed by atoms with E-state index in [1.54, 1.807) is 0 Å². The molecular weight excluding hydrogens is 273 g/mol. The van der Waals surface area contributed by atoms with Gasteiger partial charge in [0, 0.05) is 31.6 Å². The topological polar surface area (TPSA) is 119 Å². The van der Waals surface area contributed by atoms with Gasteiger partial charge < -0.3 is 26.2 Å². The molecule has 2 aliphatic rings. The summed E-state index contributed by atoms with van der Waals surface area (Å²) < 4.78 is 0. The molecule has 2 rings (SSSR count). The molecule has 0 aromatic carbocycles. The van der Waals surface area contributed by atoms with Crippen molar-refractivity contribution in [2.24, 2.45) is 11.7 Å². The summed E-state index contributed by atoms with van der Waals surface area (Å²) in [6.45, 7) is 2.96. The van der Waals surface area contributed by atoms with Gasteiger partial charge in [-0.05, 0) is 32.1 Å². The Balaban J connectivity index is 1.97. The summed E-state index contributed by atoms with van der Waals surface area (Å²) in [5.74, 6) is -1.10. The van der Waals surface area contributed by atoms with E-state index in [-0.39, 0.29) is 12.2 Å². The van der Waals surface area contributed by atoms with E-state index in [0.29, 0.717) is 32.0 Å². The maximum atomic E-state index is 11.6. The van der Waals surface area contributed by atoms with E-state index in [1.807, 2.05) is 0 Å². The van der Waals surface area contributed by atoms with Crippen LogP contribution in [0.1, 0.15) is 25.7 Å². The van der Waals surface area contributed by atoms with Crippen molar-refractivity contribution in [2.75, 3.05) is 26.2 Å². The Morgan fingerprint density at radius 3 is 2.81 bits per heavy atom. The third-order valence-corrected chi connectivity index (χ3v) is 4.85. The summed E-state index contributed by atoms with van der Waals surface area (Å²) in [7, 11) is -1.33. The summed E-state index contributed by atoms with van der Waals surface area (Å²) in [6, 6.07) is 0.356. The van der Waals surface area contributed by atoms with Gasteiger partial charge in [0.15, 0.2) is 0 Å². The lowest BCUT2D eigenvalue weighted by Crippen LogP contribution is -2.55. The molecule has 21 heavy (non-hydrogen) atoms. The Kier molecular flexibility index (Phi) is 5.62. The molecule has 6 N–H and O–H groups in total. The highest BCUT2D eigenvalue weighted by Crippen LogP contribution is 2.32. The van der Waals surface area contributed by atoms with Gasteiger partial charge in [-0.2, -0.15) is 0 Å². The van der Waals surface area contributed by atoms with Crippen molar-refractivity contribution in [3.63, 3.8) is 0 Å². The van der Waals surface area contributed by atoms with Gasteiger partial charge in [0.25, 0.3) is 0 Å². The summed E-state index contributed by atoms with van der Waals surface area (Å²) >= 11 is 0. The lowest BCUT2D eigenvalue weighted by molar-refractivity contribution is -0.144. The Hall–Kier alpha value is -0.665. The van der Waals surface area contributed by atoms with Crippen molar-refractivity contribution >= 4 is 13.1 Å². The van der Waals surface area contributed by atoms with Gasteiger partial charge in [-0.3, -0.25) is 9.69 Å². The largest absolute Gasteiger partial charge is 0.480 e. The number of aliphatic carboxylic acids is 1. The zero-order chi connectivity index (χ0) is 15.5. The molecule has 8 heteroatoms. The van der Waals surface area contributed by atoms with Gasteiger partial charge in [-0.1, -0.05) is 6.42 Å². The van der Waals surface area contributed by atoms with Crippen LogP contribution < -0.4 is 11.1 Å². The monoisotopic (exact) mass is 299 g/mol. The van der Waals surface area contributed by atoms with E-state index in [9.17, 15) is 9.90 Å². The molecule has 7 nitrogen and oxygen atoms in total. The zero-order valence-corrected chi connectivity index (χ0v) is 12.4. The number of carboxylic acids is 1. The standard InChI is InChI=1S/C13H26BN3O4/c15-13(12(18)19)9-17(11-4-2-6-16-7-11)8-10(13)3-1-5-14(20)21/h10-11,16,20-21H,1-9,15H2,(H,18,19)/t10-,11?,13-/m0/s1. The quantitative estimate of drug-likeness (QED) is 0.387. The normalized spacial score (nSPS) is 34.0. The lowest BCUT2D eigenvalue weighted by Gasteiger charge is -2.32. The Bertz CT molecular complexity index is 365. The highest BCUT2D eigenvalue weighted by atomic mass is 16.4. The molecule has 0 amide bonds. The van der Waals surface area contributed by atoms with E-state index in [1.165, 1.54) is 0 Å². The van der Waals surface area contributed by atoms with Crippen LogP contribution >= 0.6 is 0 Å². The van der Waals surface area contributed by atoms with Crippen molar-refractivity contribution < 1.29 is 19.9 Å². The molecule has 0 aromatic heterocycles. The molecule has 3 atom stereocenters. The SMILES string of the molecule is N[C@@]1(C(=O)O)CN(C2CCCNC2)C[C@@H]1CCCB(O)O. The highest BCUT2D eigenvalue weighted by Gasteiger charge is 2.50. The fraction of sp³-hybridized carbons (Fsp3) is 0.923. The van der Waals surface area contributed by atoms with Crippen LogP contribution in [0.2, 0.25) is 6.32 Å². The van der Waals surface area contributed by atoms with Crippen LogP contribution in [0.4, 0.5) is 0 Å². The molecule has 0 radical (unpaired) electrons. The number of likely N-dealkylation sites (tertiary alicyclic amines) is 1. The fourth-order valence-electron chi connectivity index (χ4n) is 3.54. The predicted octanol–water partition coefficient (Wildman–Crippen LogP) is -1.29. The molecule has 0 aliphatic carbocycles. The minimum absolute atomic E-state index is 0.143. The second-order valence-corrected chi connectivity index (χ2v) is 6.38. The molecule has 0 saturated carbocycles. The van der Waals surface area contributed by atoms with Crippen molar-refractivity contribution in [1.29, 1.82) is 0 Å². The first kappa shape index (κ1) is 16.7. The van der Waals surface area contributed by atoms with Gasteiger partial charge in [0.1, 0.15) is 5.54 Å². The second-order valence-electron chi connectivity index (χ2n) is 6.38. The van der Waals surface area contributed by atoms with E-state index in [0.717, 1.165) is 25.9 Å². The molecule has 0 spiro atoms. The molecule has 0 aromatic rings. The maximum absolute atomic E-state index is 11.6. The zero-order valence-electron chi connectivity index (χ0n) is 12.4. The first-order valence-electron chi connectivity index (χ1n) is 7.76. The molecule has 2 aliphatic heterocycles. The first-order valence-corrected chi connectivity index (χ1v) is 7.76. The summed E-state index contributed by atoms with van der Waals surface area (Å²) in [6.07, 6.45) is 3.62. The smallest absolute Gasteiger partial charge is 0.451 e. The molecule has 2 heterocycles. The van der Waals surface area contributed by atoms with Crippen LogP contribution in [0.5, 0.6) is 0 Å². The average molecular weight is 299 g/mol. The molecule has 2 fully saturated rings. The molecule has 2 saturated heterocycles. The highest BCUT2D eigenvalue weighted by molar-refractivity contribution is 6.40. The van der Waals surface area contributed by atoms with Crippen molar-refractivity contribution in [3.8, 4) is 0 Å². The van der Waals surface area contributed by atoms with Crippen LogP contribution in [0.3, 0.4) is 0 Å². The third kappa shape index (κ3) is 3.95. The maximum Gasteiger partial charge on any atom is 0.451 e. The van der Waals surface area contributed by atoms with E-state index < -0.39 is 18.6 Å². The average Bonchev–Trinajstić information content (AvgIpc) is 2.78.